The minimum Gasteiger partial charge on any atom is -0.396 e. The van der Waals surface area contributed by atoms with Crippen LogP contribution in [-0.2, 0) is 9.78 Å². The zero-order valence-corrected chi connectivity index (χ0v) is 11.0. The summed E-state index contributed by atoms with van der Waals surface area (Å²) in [5, 5.41) is 9.56. The minimum absolute atomic E-state index is 0.0513. The van der Waals surface area contributed by atoms with Gasteiger partial charge in [-0.15, -0.1) is 0 Å². The molecule has 96 valence electrons. The van der Waals surface area contributed by atoms with Gasteiger partial charge in [-0.05, 0) is 13.5 Å². The summed E-state index contributed by atoms with van der Waals surface area (Å²) < 4.78 is 0. The van der Waals surface area contributed by atoms with E-state index < -0.39 is 0 Å². The van der Waals surface area contributed by atoms with Gasteiger partial charge in [0.2, 0.25) is 0 Å². The highest BCUT2D eigenvalue weighted by Gasteiger charge is 2.51. The number of hydrogen-bond acceptors (Lipinski definition) is 4. The van der Waals surface area contributed by atoms with Crippen LogP contribution in [-0.4, -0.2) is 50.0 Å². The first-order valence-electron chi connectivity index (χ1n) is 6.01. The molecule has 0 aromatic heterocycles. The third kappa shape index (κ3) is 2.74. The van der Waals surface area contributed by atoms with Gasteiger partial charge in [-0.25, -0.2) is 9.78 Å². The molecule has 1 aliphatic rings. The molecular weight excluding hydrogens is 206 g/mol. The summed E-state index contributed by atoms with van der Waals surface area (Å²) in [4.78, 5) is 12.6. The summed E-state index contributed by atoms with van der Waals surface area (Å²) in [6, 6.07) is 0. The molecule has 0 amide bonds. The average molecular weight is 231 g/mol. The summed E-state index contributed by atoms with van der Waals surface area (Å²) in [6.07, 6.45) is 0.952. The second-order valence-corrected chi connectivity index (χ2v) is 5.54. The van der Waals surface area contributed by atoms with Gasteiger partial charge in [-0.2, -0.15) is 0 Å². The van der Waals surface area contributed by atoms with Crippen molar-refractivity contribution in [3.05, 3.63) is 0 Å². The topological polar surface area (TPSA) is 41.9 Å². The Morgan fingerprint density at radius 3 is 2.38 bits per heavy atom. The fraction of sp³-hybridized carbons (Fsp3) is 1.00. The Morgan fingerprint density at radius 2 is 1.81 bits per heavy atom. The van der Waals surface area contributed by atoms with Crippen molar-refractivity contribution in [3.8, 4) is 0 Å². The largest absolute Gasteiger partial charge is 0.396 e. The molecule has 0 saturated carbocycles. The van der Waals surface area contributed by atoms with E-state index in [4.69, 9.17) is 9.78 Å². The van der Waals surface area contributed by atoms with Crippen molar-refractivity contribution in [2.24, 2.45) is 10.8 Å². The van der Waals surface area contributed by atoms with E-state index in [1.807, 2.05) is 6.92 Å². The van der Waals surface area contributed by atoms with Crippen LogP contribution in [0, 0.1) is 10.8 Å². The highest BCUT2D eigenvalue weighted by Crippen LogP contribution is 2.45. The standard InChI is InChI=1S/C12H25NO3/c1-5-6-15-16-10-12(3)8-13(4)7-11(12,2)9-14/h14H,5-10H2,1-4H3. The van der Waals surface area contributed by atoms with E-state index in [0.717, 1.165) is 19.5 Å². The zero-order chi connectivity index (χ0) is 12.2. The minimum atomic E-state index is -0.114. The zero-order valence-electron chi connectivity index (χ0n) is 11.0. The van der Waals surface area contributed by atoms with Gasteiger partial charge in [0.05, 0.1) is 19.8 Å². The van der Waals surface area contributed by atoms with E-state index in [1.54, 1.807) is 0 Å². The van der Waals surface area contributed by atoms with Crippen molar-refractivity contribution in [2.75, 3.05) is 40.0 Å². The smallest absolute Gasteiger partial charge is 0.0894 e. The molecule has 4 heteroatoms. The molecule has 0 aromatic carbocycles. The molecule has 2 unspecified atom stereocenters. The van der Waals surface area contributed by atoms with Crippen LogP contribution in [0.4, 0.5) is 0 Å². The Balaban J connectivity index is 2.53. The lowest BCUT2D eigenvalue weighted by molar-refractivity contribution is -0.314. The van der Waals surface area contributed by atoms with Gasteiger partial charge in [-0.1, -0.05) is 20.8 Å². The lowest BCUT2D eigenvalue weighted by Crippen LogP contribution is -2.42. The van der Waals surface area contributed by atoms with Crippen molar-refractivity contribution >= 4 is 0 Å². The summed E-state index contributed by atoms with van der Waals surface area (Å²) >= 11 is 0. The fourth-order valence-electron chi connectivity index (χ4n) is 2.40. The van der Waals surface area contributed by atoms with Crippen LogP contribution in [0.1, 0.15) is 27.2 Å². The lowest BCUT2D eigenvalue weighted by atomic mass is 9.69. The second-order valence-electron chi connectivity index (χ2n) is 5.54. The highest BCUT2D eigenvalue weighted by molar-refractivity contribution is 5.01. The molecule has 0 spiro atoms. The Morgan fingerprint density at radius 1 is 1.19 bits per heavy atom. The molecule has 1 fully saturated rings. The maximum absolute atomic E-state index is 9.56. The van der Waals surface area contributed by atoms with Crippen molar-refractivity contribution < 1.29 is 14.9 Å². The normalized spacial score (nSPS) is 35.8. The Hall–Kier alpha value is -0.160. The van der Waals surface area contributed by atoms with Crippen molar-refractivity contribution in [1.82, 2.24) is 4.90 Å². The van der Waals surface area contributed by atoms with E-state index in [0.29, 0.717) is 13.2 Å². The van der Waals surface area contributed by atoms with Crippen LogP contribution in [0.5, 0.6) is 0 Å². The molecule has 1 saturated heterocycles. The number of aliphatic hydroxyl groups excluding tert-OH is 1. The van der Waals surface area contributed by atoms with Crippen molar-refractivity contribution in [1.29, 1.82) is 0 Å². The summed E-state index contributed by atoms with van der Waals surface area (Å²) in [6.45, 7) is 9.49. The molecule has 0 aliphatic carbocycles. The van der Waals surface area contributed by atoms with Gasteiger partial charge in [0.25, 0.3) is 0 Å². The van der Waals surface area contributed by atoms with E-state index in [9.17, 15) is 5.11 Å². The van der Waals surface area contributed by atoms with Crippen molar-refractivity contribution in [3.63, 3.8) is 0 Å². The predicted molar refractivity (Wildman–Crippen MR) is 63.0 cm³/mol. The molecule has 4 nitrogen and oxygen atoms in total. The molecule has 1 rings (SSSR count). The molecule has 16 heavy (non-hydrogen) atoms. The van der Waals surface area contributed by atoms with Gasteiger partial charge in [0.15, 0.2) is 0 Å². The maximum atomic E-state index is 9.56. The summed E-state index contributed by atoms with van der Waals surface area (Å²) in [5.74, 6) is 0. The highest BCUT2D eigenvalue weighted by atomic mass is 17.2. The first-order chi connectivity index (χ1) is 7.47. The van der Waals surface area contributed by atoms with Crippen LogP contribution in [0.15, 0.2) is 0 Å². The lowest BCUT2D eigenvalue weighted by Gasteiger charge is -2.37. The van der Waals surface area contributed by atoms with E-state index >= 15 is 0 Å². The number of aliphatic hydroxyl groups is 1. The molecule has 0 radical (unpaired) electrons. The SMILES string of the molecule is CCCOOCC1(C)CN(C)CC1(C)CO. The summed E-state index contributed by atoms with van der Waals surface area (Å²) in [7, 11) is 2.08. The van der Waals surface area contributed by atoms with Gasteiger partial charge in [-0.3, -0.25) is 0 Å². The van der Waals surface area contributed by atoms with Crippen LogP contribution in [0.2, 0.25) is 0 Å². The van der Waals surface area contributed by atoms with E-state index in [2.05, 4.69) is 25.8 Å². The fourth-order valence-corrected chi connectivity index (χ4v) is 2.40. The number of likely N-dealkylation sites (tertiary alicyclic amines) is 1. The monoisotopic (exact) mass is 231 g/mol. The molecule has 1 heterocycles. The van der Waals surface area contributed by atoms with Gasteiger partial charge in [0.1, 0.15) is 0 Å². The first kappa shape index (κ1) is 13.9. The Labute approximate surface area is 98.5 Å². The molecule has 1 aliphatic heterocycles. The van der Waals surface area contributed by atoms with E-state index in [1.165, 1.54) is 0 Å². The first-order valence-corrected chi connectivity index (χ1v) is 6.01. The van der Waals surface area contributed by atoms with Crippen LogP contribution in [0.25, 0.3) is 0 Å². The third-order valence-electron chi connectivity index (χ3n) is 3.79. The maximum Gasteiger partial charge on any atom is 0.0894 e. The van der Waals surface area contributed by atoms with Crippen LogP contribution < -0.4 is 0 Å². The van der Waals surface area contributed by atoms with Crippen molar-refractivity contribution in [2.45, 2.75) is 27.2 Å². The second kappa shape index (κ2) is 5.45. The molecule has 1 N–H and O–H groups in total. The number of hydrogen-bond donors (Lipinski definition) is 1. The summed E-state index contributed by atoms with van der Waals surface area (Å²) in [5.41, 5.74) is -0.165. The van der Waals surface area contributed by atoms with Gasteiger partial charge >= 0.3 is 0 Å². The van der Waals surface area contributed by atoms with Crippen LogP contribution >= 0.6 is 0 Å². The Kier molecular flexibility index (Phi) is 4.73. The third-order valence-corrected chi connectivity index (χ3v) is 3.79. The average Bonchev–Trinajstić information content (AvgIpc) is 2.45. The van der Waals surface area contributed by atoms with Gasteiger partial charge < -0.3 is 10.0 Å². The predicted octanol–water partition coefficient (Wildman–Crippen LogP) is 1.29. The van der Waals surface area contributed by atoms with Gasteiger partial charge in [0, 0.05) is 23.9 Å². The van der Waals surface area contributed by atoms with Crippen LogP contribution in [0.3, 0.4) is 0 Å². The quantitative estimate of drug-likeness (QED) is 0.425. The Bertz CT molecular complexity index is 224. The molecular formula is C12H25NO3. The molecule has 0 bridgehead atoms. The van der Waals surface area contributed by atoms with E-state index in [-0.39, 0.29) is 17.4 Å². The number of rotatable bonds is 6. The molecule has 2 atom stereocenters. The number of nitrogens with zero attached hydrogens (tertiary/aromatic N) is 1. The molecule has 0 aromatic rings.